The number of rotatable bonds is 3. The second kappa shape index (κ2) is 5.58. The van der Waals surface area contributed by atoms with E-state index in [9.17, 15) is 4.79 Å². The zero-order valence-electron chi connectivity index (χ0n) is 11.5. The Kier molecular flexibility index (Phi) is 3.78. The summed E-state index contributed by atoms with van der Waals surface area (Å²) in [6.45, 7) is 3.82. The largest absolute Gasteiger partial charge is 0.325 e. The first-order valence-electron chi connectivity index (χ1n) is 6.61. The molecule has 1 aromatic carbocycles. The van der Waals surface area contributed by atoms with E-state index in [2.05, 4.69) is 9.97 Å². The van der Waals surface area contributed by atoms with Crippen molar-refractivity contribution < 1.29 is 9.78 Å². The van der Waals surface area contributed by atoms with Gasteiger partial charge in [0.15, 0.2) is 5.69 Å². The predicted octanol–water partition coefficient (Wildman–Crippen LogP) is 2.89. The Balaban J connectivity index is 1.78. The highest BCUT2D eigenvalue weighted by atomic mass is 35.5. The molecule has 3 rings (SSSR count). The average molecular weight is 326 g/mol. The van der Waals surface area contributed by atoms with Gasteiger partial charge in [-0.1, -0.05) is 23.2 Å². The highest BCUT2D eigenvalue weighted by Gasteiger charge is 2.31. The molecule has 0 radical (unpaired) electrons. The fraction of sp³-hybridized carbons (Fsp3) is 0.286. The number of anilines is 1. The van der Waals surface area contributed by atoms with Crippen molar-refractivity contribution >= 4 is 34.9 Å². The average Bonchev–Trinajstić information content (AvgIpc) is 2.97. The van der Waals surface area contributed by atoms with Gasteiger partial charge in [-0.25, -0.2) is 14.8 Å². The number of aromatic nitrogens is 2. The van der Waals surface area contributed by atoms with Gasteiger partial charge in [-0.15, -0.1) is 0 Å². The van der Waals surface area contributed by atoms with Gasteiger partial charge in [0.05, 0.1) is 6.54 Å². The molecule has 0 aliphatic carbocycles. The molecule has 0 spiro atoms. The van der Waals surface area contributed by atoms with E-state index in [0.717, 1.165) is 17.1 Å². The number of H-pyrrole nitrogens is 2. The predicted molar refractivity (Wildman–Crippen MR) is 81.7 cm³/mol. The number of carbonyl (C=O) groups excluding carboxylic acids is 1. The Bertz CT molecular complexity index is 665. The van der Waals surface area contributed by atoms with Gasteiger partial charge in [-0.05, 0) is 18.2 Å². The van der Waals surface area contributed by atoms with Crippen molar-refractivity contribution in [3.8, 4) is 0 Å². The van der Waals surface area contributed by atoms with Crippen molar-refractivity contribution in [2.75, 3.05) is 18.0 Å². The van der Waals surface area contributed by atoms with E-state index in [0.29, 0.717) is 29.7 Å². The molecule has 110 valence electrons. The number of nitrogens with zero attached hydrogens (tertiary/aromatic N) is 2. The number of halogens is 2. The molecule has 1 saturated heterocycles. The molecular formula is C14H15Cl2N4O+. The minimum atomic E-state index is -0.0395. The minimum absolute atomic E-state index is 0.0395. The van der Waals surface area contributed by atoms with E-state index in [1.807, 2.05) is 6.92 Å². The van der Waals surface area contributed by atoms with Crippen LogP contribution in [0.1, 0.15) is 11.4 Å². The quantitative estimate of drug-likeness (QED) is 0.926. The SMILES string of the molecule is Cc1[nH]c[nH+]c1CN1CCN(c2cc(Cl)cc(Cl)c2)C1=O. The van der Waals surface area contributed by atoms with Gasteiger partial charge in [-0.2, -0.15) is 0 Å². The van der Waals surface area contributed by atoms with Gasteiger partial charge in [0, 0.05) is 35.7 Å². The molecule has 2 amide bonds. The van der Waals surface area contributed by atoms with Gasteiger partial charge < -0.3 is 4.90 Å². The third-order valence-electron chi connectivity index (χ3n) is 3.59. The minimum Gasteiger partial charge on any atom is -0.314 e. The normalized spacial score (nSPS) is 15.1. The summed E-state index contributed by atoms with van der Waals surface area (Å²) in [4.78, 5) is 22.2. The van der Waals surface area contributed by atoms with E-state index >= 15 is 0 Å². The maximum Gasteiger partial charge on any atom is 0.325 e. The molecule has 21 heavy (non-hydrogen) atoms. The van der Waals surface area contributed by atoms with Crippen LogP contribution in [0.15, 0.2) is 24.5 Å². The highest BCUT2D eigenvalue weighted by molar-refractivity contribution is 6.35. The van der Waals surface area contributed by atoms with E-state index in [-0.39, 0.29) is 6.03 Å². The van der Waals surface area contributed by atoms with Crippen LogP contribution < -0.4 is 9.88 Å². The van der Waals surface area contributed by atoms with Crippen molar-refractivity contribution in [3.05, 3.63) is 46.0 Å². The molecule has 5 nitrogen and oxygen atoms in total. The lowest BCUT2D eigenvalue weighted by atomic mass is 10.3. The molecule has 1 aromatic heterocycles. The number of imidazole rings is 1. The molecule has 7 heteroatoms. The van der Waals surface area contributed by atoms with E-state index in [1.165, 1.54) is 0 Å². The molecule has 0 atom stereocenters. The maximum atomic E-state index is 12.5. The first-order valence-corrected chi connectivity index (χ1v) is 7.37. The van der Waals surface area contributed by atoms with Crippen molar-refractivity contribution in [2.45, 2.75) is 13.5 Å². The lowest BCUT2D eigenvalue weighted by molar-refractivity contribution is -0.389. The molecule has 1 aliphatic heterocycles. The Morgan fingerprint density at radius 2 is 1.95 bits per heavy atom. The summed E-state index contributed by atoms with van der Waals surface area (Å²) in [5.74, 6) is 0. The molecule has 0 bridgehead atoms. The first-order chi connectivity index (χ1) is 10.0. The number of urea groups is 1. The molecule has 2 heterocycles. The lowest BCUT2D eigenvalue weighted by Crippen LogP contribution is -2.32. The fourth-order valence-electron chi connectivity index (χ4n) is 2.45. The van der Waals surface area contributed by atoms with Crippen LogP contribution in [-0.2, 0) is 6.54 Å². The van der Waals surface area contributed by atoms with Crippen LogP contribution in [-0.4, -0.2) is 29.0 Å². The first kappa shape index (κ1) is 14.2. The van der Waals surface area contributed by atoms with Gasteiger partial charge in [-0.3, -0.25) is 4.90 Å². The van der Waals surface area contributed by atoms with Crippen molar-refractivity contribution in [1.29, 1.82) is 0 Å². The molecule has 1 fully saturated rings. The third kappa shape index (κ3) is 2.84. The number of hydrogen-bond donors (Lipinski definition) is 1. The zero-order chi connectivity index (χ0) is 15.0. The van der Waals surface area contributed by atoms with E-state index < -0.39 is 0 Å². The summed E-state index contributed by atoms with van der Waals surface area (Å²) in [5, 5.41) is 1.05. The van der Waals surface area contributed by atoms with Crippen LogP contribution in [0.3, 0.4) is 0 Å². The second-order valence-electron chi connectivity index (χ2n) is 5.02. The van der Waals surface area contributed by atoms with E-state index in [4.69, 9.17) is 23.2 Å². The van der Waals surface area contributed by atoms with Crippen LogP contribution in [0.4, 0.5) is 10.5 Å². The topological polar surface area (TPSA) is 53.5 Å². The zero-order valence-corrected chi connectivity index (χ0v) is 13.0. The summed E-state index contributed by atoms with van der Waals surface area (Å²) in [6.07, 6.45) is 1.76. The van der Waals surface area contributed by atoms with Crippen LogP contribution in [0.2, 0.25) is 10.0 Å². The van der Waals surface area contributed by atoms with E-state index in [1.54, 1.807) is 34.3 Å². The molecule has 0 unspecified atom stereocenters. The fourth-order valence-corrected chi connectivity index (χ4v) is 2.96. The van der Waals surface area contributed by atoms with Crippen LogP contribution >= 0.6 is 23.2 Å². The summed E-state index contributed by atoms with van der Waals surface area (Å²) in [5.41, 5.74) is 2.77. The van der Waals surface area contributed by atoms with Gasteiger partial charge >= 0.3 is 6.03 Å². The summed E-state index contributed by atoms with van der Waals surface area (Å²) < 4.78 is 0. The number of carbonyl (C=O) groups is 1. The van der Waals surface area contributed by atoms with Gasteiger partial charge in [0.2, 0.25) is 6.33 Å². The number of hydrogen-bond acceptors (Lipinski definition) is 1. The molecule has 1 aliphatic rings. The Hall–Kier alpha value is -1.72. The number of aromatic amines is 2. The molecule has 2 N–H and O–H groups in total. The van der Waals surface area contributed by atoms with Gasteiger partial charge in [0.1, 0.15) is 5.69 Å². The van der Waals surface area contributed by atoms with Crippen molar-refractivity contribution in [2.24, 2.45) is 0 Å². The summed E-state index contributed by atoms with van der Waals surface area (Å²) >= 11 is 12.0. The molecular weight excluding hydrogens is 311 g/mol. The van der Waals surface area contributed by atoms with Crippen molar-refractivity contribution in [1.82, 2.24) is 9.88 Å². The lowest BCUT2D eigenvalue weighted by Gasteiger charge is -2.18. The Labute approximate surface area is 132 Å². The molecule has 2 aromatic rings. The summed E-state index contributed by atoms with van der Waals surface area (Å²) in [6, 6.07) is 5.12. The number of aryl methyl sites for hydroxylation is 1. The van der Waals surface area contributed by atoms with Crippen molar-refractivity contribution in [3.63, 3.8) is 0 Å². The highest BCUT2D eigenvalue weighted by Crippen LogP contribution is 2.28. The number of benzene rings is 1. The third-order valence-corrected chi connectivity index (χ3v) is 4.03. The number of amides is 2. The maximum absolute atomic E-state index is 12.5. The monoisotopic (exact) mass is 325 g/mol. The molecule has 0 saturated carbocycles. The number of nitrogens with one attached hydrogen (secondary N) is 2. The van der Waals surface area contributed by atoms with Gasteiger partial charge in [0.25, 0.3) is 0 Å². The second-order valence-corrected chi connectivity index (χ2v) is 5.89. The smallest absolute Gasteiger partial charge is 0.314 e. The van der Waals surface area contributed by atoms with Crippen LogP contribution in [0.25, 0.3) is 0 Å². The Morgan fingerprint density at radius 1 is 1.24 bits per heavy atom. The standard InChI is InChI=1S/C14H14Cl2N4O/c1-9-13(18-8-17-9)7-19-2-3-20(14(19)21)12-5-10(15)4-11(16)6-12/h4-6,8H,2-3,7H2,1H3,(H,17,18)/p+1. The van der Waals surface area contributed by atoms with Crippen LogP contribution in [0.5, 0.6) is 0 Å². The Morgan fingerprint density at radius 3 is 2.57 bits per heavy atom. The summed E-state index contributed by atoms with van der Waals surface area (Å²) in [7, 11) is 0. The van der Waals surface area contributed by atoms with Crippen LogP contribution in [0, 0.1) is 6.92 Å².